The van der Waals surface area contributed by atoms with Crippen molar-refractivity contribution in [3.05, 3.63) is 87.3 Å². The van der Waals surface area contributed by atoms with Gasteiger partial charge in [-0.3, -0.25) is 14.2 Å². The van der Waals surface area contributed by atoms with Crippen LogP contribution in [0.25, 0.3) is 5.69 Å². The smallest absolute Gasteiger partial charge is 0.273 e. The van der Waals surface area contributed by atoms with Crippen LogP contribution in [0, 0.1) is 11.3 Å². The third-order valence-corrected chi connectivity index (χ3v) is 5.65. The van der Waals surface area contributed by atoms with Crippen LogP contribution in [0.4, 0.5) is 0 Å². The van der Waals surface area contributed by atoms with Crippen molar-refractivity contribution in [2.24, 2.45) is 0 Å². The molecule has 0 saturated heterocycles. The normalized spacial score (nSPS) is 17.2. The Labute approximate surface area is 172 Å². The summed E-state index contributed by atoms with van der Waals surface area (Å²) in [6.45, 7) is 0.898. The first-order chi connectivity index (χ1) is 14.7. The van der Waals surface area contributed by atoms with Crippen molar-refractivity contribution in [1.82, 2.24) is 4.57 Å². The fourth-order valence-corrected chi connectivity index (χ4v) is 4.22. The number of aromatic nitrogens is 1. The molecular formula is C24H18N2O4. The summed E-state index contributed by atoms with van der Waals surface area (Å²) in [5.74, 6) is 1.07. The molecular weight excluding hydrogens is 380 g/mol. The van der Waals surface area contributed by atoms with Crippen molar-refractivity contribution >= 4 is 5.78 Å². The Hall–Kier alpha value is -3.85. The first kappa shape index (κ1) is 18.2. The van der Waals surface area contributed by atoms with E-state index in [1.54, 1.807) is 18.2 Å². The van der Waals surface area contributed by atoms with Gasteiger partial charge < -0.3 is 9.47 Å². The minimum atomic E-state index is -0.436. The minimum Gasteiger partial charge on any atom is -0.486 e. The highest BCUT2D eigenvalue weighted by Crippen LogP contribution is 2.36. The molecule has 6 nitrogen and oxygen atoms in total. The summed E-state index contributed by atoms with van der Waals surface area (Å²) < 4.78 is 12.7. The number of carbonyl (C=O) groups is 1. The van der Waals surface area contributed by atoms with E-state index >= 15 is 0 Å². The number of nitrogens with zero attached hydrogens (tertiary/aromatic N) is 2. The van der Waals surface area contributed by atoms with Crippen LogP contribution in [0.1, 0.15) is 39.5 Å². The second-order valence-electron chi connectivity index (χ2n) is 7.44. The van der Waals surface area contributed by atoms with Crippen LogP contribution in [0.3, 0.4) is 0 Å². The van der Waals surface area contributed by atoms with E-state index in [1.807, 2.05) is 36.4 Å². The number of ketones is 1. The summed E-state index contributed by atoms with van der Waals surface area (Å²) in [4.78, 5) is 26.1. The molecule has 0 radical (unpaired) electrons. The molecule has 1 aliphatic heterocycles. The van der Waals surface area contributed by atoms with Crippen molar-refractivity contribution in [3.8, 4) is 23.3 Å². The molecule has 30 heavy (non-hydrogen) atoms. The largest absolute Gasteiger partial charge is 0.486 e. The van der Waals surface area contributed by atoms with E-state index in [0.29, 0.717) is 54.5 Å². The third-order valence-electron chi connectivity index (χ3n) is 5.65. The van der Waals surface area contributed by atoms with Gasteiger partial charge in [-0.2, -0.15) is 5.26 Å². The van der Waals surface area contributed by atoms with E-state index in [2.05, 4.69) is 0 Å². The number of hydrogen-bond acceptors (Lipinski definition) is 5. The molecule has 3 aromatic rings. The lowest BCUT2D eigenvalue weighted by atomic mass is 9.81. The fourth-order valence-electron chi connectivity index (χ4n) is 4.22. The van der Waals surface area contributed by atoms with E-state index in [9.17, 15) is 14.9 Å². The van der Waals surface area contributed by atoms with E-state index in [-0.39, 0.29) is 17.3 Å². The number of ether oxygens (including phenoxy) is 2. The van der Waals surface area contributed by atoms with Crippen molar-refractivity contribution in [1.29, 1.82) is 5.26 Å². The van der Waals surface area contributed by atoms with E-state index in [0.717, 1.165) is 5.56 Å². The first-order valence-electron chi connectivity index (χ1n) is 9.83. The van der Waals surface area contributed by atoms with Crippen molar-refractivity contribution < 1.29 is 14.3 Å². The third kappa shape index (κ3) is 2.96. The number of benzene rings is 2. The number of rotatable bonds is 2. The predicted octanol–water partition coefficient (Wildman–Crippen LogP) is 3.39. The molecule has 1 aromatic heterocycles. The summed E-state index contributed by atoms with van der Waals surface area (Å²) in [5, 5.41) is 9.48. The number of hydrogen-bond donors (Lipinski definition) is 0. The summed E-state index contributed by atoms with van der Waals surface area (Å²) in [6, 6.07) is 18.4. The summed E-state index contributed by atoms with van der Waals surface area (Å²) in [7, 11) is 0. The molecule has 0 N–H and O–H groups in total. The van der Waals surface area contributed by atoms with Gasteiger partial charge in [0.25, 0.3) is 5.56 Å². The van der Waals surface area contributed by atoms with Gasteiger partial charge in [0.05, 0.1) is 5.69 Å². The lowest BCUT2D eigenvalue weighted by molar-refractivity contribution is 0.0962. The van der Waals surface area contributed by atoms with Gasteiger partial charge in [-0.05, 0) is 36.1 Å². The summed E-state index contributed by atoms with van der Waals surface area (Å²) in [6.07, 6.45) is 0.877. The maximum atomic E-state index is 13.1. The molecule has 5 rings (SSSR count). The Morgan fingerprint density at radius 3 is 2.47 bits per heavy atom. The van der Waals surface area contributed by atoms with Gasteiger partial charge >= 0.3 is 0 Å². The molecule has 1 aliphatic carbocycles. The number of nitriles is 1. The topological polar surface area (TPSA) is 81.3 Å². The van der Waals surface area contributed by atoms with Gasteiger partial charge in [0.2, 0.25) is 0 Å². The number of carbonyl (C=O) groups excluding carboxylic acids is 1. The van der Waals surface area contributed by atoms with Gasteiger partial charge in [-0.15, -0.1) is 0 Å². The van der Waals surface area contributed by atoms with Crippen LogP contribution in [-0.2, 0) is 6.42 Å². The zero-order valence-corrected chi connectivity index (χ0v) is 16.1. The number of fused-ring (bicyclic) bond motifs is 2. The van der Waals surface area contributed by atoms with Crippen LogP contribution in [-0.4, -0.2) is 23.6 Å². The predicted molar refractivity (Wildman–Crippen MR) is 110 cm³/mol. The maximum Gasteiger partial charge on any atom is 0.273 e. The van der Waals surface area contributed by atoms with Gasteiger partial charge in [0.15, 0.2) is 17.3 Å². The molecule has 2 aliphatic rings. The zero-order chi connectivity index (χ0) is 20.7. The molecule has 1 unspecified atom stereocenters. The molecule has 2 heterocycles. The van der Waals surface area contributed by atoms with Crippen LogP contribution >= 0.6 is 0 Å². The van der Waals surface area contributed by atoms with Crippen molar-refractivity contribution in [3.63, 3.8) is 0 Å². The number of Topliss-reactive ketones (excluding diaryl/α,β-unsaturated/α-hetero) is 1. The van der Waals surface area contributed by atoms with Crippen LogP contribution < -0.4 is 15.0 Å². The number of pyridine rings is 1. The first-order valence-corrected chi connectivity index (χ1v) is 9.83. The highest BCUT2D eigenvalue weighted by atomic mass is 16.6. The van der Waals surface area contributed by atoms with Gasteiger partial charge in [0, 0.05) is 23.7 Å². The molecule has 1 atom stereocenters. The lowest BCUT2D eigenvalue weighted by Crippen LogP contribution is -2.31. The van der Waals surface area contributed by atoms with Crippen molar-refractivity contribution in [2.75, 3.05) is 13.2 Å². The lowest BCUT2D eigenvalue weighted by Gasteiger charge is -2.27. The van der Waals surface area contributed by atoms with Crippen LogP contribution in [0.15, 0.2) is 59.4 Å². The molecule has 0 spiro atoms. The quantitative estimate of drug-likeness (QED) is 0.661. The second-order valence-corrected chi connectivity index (χ2v) is 7.44. The molecule has 148 valence electrons. The summed E-state index contributed by atoms with van der Waals surface area (Å²) in [5.41, 5.74) is 2.19. The standard InChI is InChI=1S/C24H18N2O4/c25-14-17-10-19-20(11-16(12-21(19)27)15-4-2-1-3-5-15)26(24(17)28)18-6-7-22-23(13-18)30-9-8-29-22/h1-7,10,13,16H,8-9,11-12H2. The molecule has 0 bridgehead atoms. The molecule has 2 aromatic carbocycles. The Kier molecular flexibility index (Phi) is 4.36. The molecule has 0 amide bonds. The van der Waals surface area contributed by atoms with E-state index in [4.69, 9.17) is 9.47 Å². The fraction of sp³-hybridized carbons (Fsp3) is 0.208. The van der Waals surface area contributed by atoms with Gasteiger partial charge in [-0.25, -0.2) is 0 Å². The monoisotopic (exact) mass is 398 g/mol. The average Bonchev–Trinajstić information content (AvgIpc) is 2.79. The van der Waals surface area contributed by atoms with Gasteiger partial charge in [0.1, 0.15) is 24.8 Å². The van der Waals surface area contributed by atoms with Crippen molar-refractivity contribution in [2.45, 2.75) is 18.8 Å². The molecule has 0 fully saturated rings. The van der Waals surface area contributed by atoms with Crippen LogP contribution in [0.5, 0.6) is 11.5 Å². The van der Waals surface area contributed by atoms with Gasteiger partial charge in [-0.1, -0.05) is 30.3 Å². The minimum absolute atomic E-state index is 0.0259. The SMILES string of the molecule is N#Cc1cc2c(n(-c3ccc4c(c3)OCCO4)c1=O)CC(c1ccccc1)CC2=O. The Bertz CT molecular complexity index is 1250. The highest BCUT2D eigenvalue weighted by molar-refractivity contribution is 5.99. The van der Waals surface area contributed by atoms with Crippen LogP contribution in [0.2, 0.25) is 0 Å². The maximum absolute atomic E-state index is 13.1. The van der Waals surface area contributed by atoms with E-state index in [1.165, 1.54) is 10.6 Å². The Balaban J connectivity index is 1.70. The highest BCUT2D eigenvalue weighted by Gasteiger charge is 2.30. The average molecular weight is 398 g/mol. The molecule has 0 saturated carbocycles. The van der Waals surface area contributed by atoms with E-state index < -0.39 is 5.56 Å². The molecule has 6 heteroatoms. The summed E-state index contributed by atoms with van der Waals surface area (Å²) >= 11 is 0. The Morgan fingerprint density at radius 2 is 1.70 bits per heavy atom. The Morgan fingerprint density at radius 1 is 0.933 bits per heavy atom. The second kappa shape index (κ2) is 7.20. The zero-order valence-electron chi connectivity index (χ0n) is 16.1.